The van der Waals surface area contributed by atoms with Gasteiger partial charge in [0.1, 0.15) is 11.5 Å². The minimum Gasteiger partial charge on any atom is -0.497 e. The first-order valence-electron chi connectivity index (χ1n) is 12.8. The second-order valence-corrected chi connectivity index (χ2v) is 11.5. The summed E-state index contributed by atoms with van der Waals surface area (Å²) in [5.74, 6) is 1.62. The van der Waals surface area contributed by atoms with Gasteiger partial charge in [-0.2, -0.15) is 0 Å². The van der Waals surface area contributed by atoms with Crippen LogP contribution >= 0.6 is 27.3 Å². The molecule has 0 fully saturated rings. The van der Waals surface area contributed by atoms with Gasteiger partial charge in [0.25, 0.3) is 5.56 Å². The molecular weight excluding hydrogens is 572 g/mol. The van der Waals surface area contributed by atoms with Crippen LogP contribution in [0.25, 0.3) is 12.2 Å². The van der Waals surface area contributed by atoms with Crippen LogP contribution in [0.1, 0.15) is 42.0 Å². The Morgan fingerprint density at radius 1 is 0.923 bits per heavy atom. The smallest absolute Gasteiger partial charge is 0.271 e. The van der Waals surface area contributed by atoms with E-state index in [1.807, 2.05) is 59.2 Å². The van der Waals surface area contributed by atoms with Crippen molar-refractivity contribution in [3.63, 3.8) is 0 Å². The van der Waals surface area contributed by atoms with Gasteiger partial charge in [0, 0.05) is 4.47 Å². The van der Waals surface area contributed by atoms with Crippen molar-refractivity contribution in [1.82, 2.24) is 4.57 Å². The lowest BCUT2D eigenvalue weighted by atomic mass is 9.84. The van der Waals surface area contributed by atoms with Crippen molar-refractivity contribution in [2.75, 3.05) is 14.2 Å². The number of rotatable bonds is 5. The predicted molar refractivity (Wildman–Crippen MR) is 160 cm³/mol. The van der Waals surface area contributed by atoms with Crippen molar-refractivity contribution in [1.29, 1.82) is 0 Å². The summed E-state index contributed by atoms with van der Waals surface area (Å²) in [6.07, 6.45) is 7.02. The molecule has 39 heavy (non-hydrogen) atoms. The van der Waals surface area contributed by atoms with Crippen molar-refractivity contribution >= 4 is 39.4 Å². The third-order valence-corrected chi connectivity index (χ3v) is 8.64. The first-order chi connectivity index (χ1) is 19.0. The number of allylic oxidation sites excluding steroid dienone is 2. The molecule has 1 aromatic heterocycles. The van der Waals surface area contributed by atoms with E-state index in [1.165, 1.54) is 22.5 Å². The number of hydrogen-bond donors (Lipinski definition) is 0. The zero-order valence-corrected chi connectivity index (χ0v) is 24.1. The number of aromatic nitrogens is 1. The Kier molecular flexibility index (Phi) is 7.11. The molecule has 196 valence electrons. The highest BCUT2D eigenvalue weighted by Gasteiger charge is 2.32. The van der Waals surface area contributed by atoms with E-state index < -0.39 is 0 Å². The van der Waals surface area contributed by atoms with E-state index >= 15 is 0 Å². The maximum atomic E-state index is 13.9. The maximum absolute atomic E-state index is 13.9. The Hall–Kier alpha value is -3.68. The number of ether oxygens (including phenoxy) is 2. The van der Waals surface area contributed by atoms with Gasteiger partial charge in [0.2, 0.25) is 0 Å². The minimum absolute atomic E-state index is 0.0163. The molecule has 6 rings (SSSR count). The monoisotopic (exact) mass is 598 g/mol. The first-order valence-corrected chi connectivity index (χ1v) is 14.4. The second kappa shape index (κ2) is 10.8. The molecular formula is C32H27BrN2O3S. The Labute approximate surface area is 239 Å². The fourth-order valence-electron chi connectivity index (χ4n) is 5.29. The van der Waals surface area contributed by atoms with Crippen molar-refractivity contribution in [2.24, 2.45) is 4.99 Å². The zero-order valence-electron chi connectivity index (χ0n) is 21.7. The van der Waals surface area contributed by atoms with Gasteiger partial charge in [0.15, 0.2) is 4.80 Å². The molecule has 0 saturated heterocycles. The van der Waals surface area contributed by atoms with Gasteiger partial charge in [-0.05, 0) is 95.6 Å². The van der Waals surface area contributed by atoms with E-state index in [-0.39, 0.29) is 11.6 Å². The van der Waals surface area contributed by atoms with E-state index in [4.69, 9.17) is 14.5 Å². The van der Waals surface area contributed by atoms with E-state index in [9.17, 15) is 4.79 Å². The number of fused-ring (bicyclic) bond motifs is 1. The molecule has 1 aliphatic heterocycles. The highest BCUT2D eigenvalue weighted by Crippen LogP contribution is 2.41. The summed E-state index contributed by atoms with van der Waals surface area (Å²) >= 11 is 4.99. The van der Waals surface area contributed by atoms with Crippen LogP contribution in [-0.4, -0.2) is 18.8 Å². The molecule has 4 aromatic rings. The molecule has 2 heterocycles. The largest absolute Gasteiger partial charge is 0.497 e. The van der Waals surface area contributed by atoms with Crippen molar-refractivity contribution in [2.45, 2.75) is 25.3 Å². The van der Waals surface area contributed by atoms with Crippen molar-refractivity contribution in [3.05, 3.63) is 130 Å². The van der Waals surface area contributed by atoms with Crippen LogP contribution in [0, 0.1) is 0 Å². The second-order valence-electron chi connectivity index (χ2n) is 9.58. The molecule has 0 radical (unpaired) electrons. The SMILES string of the molecule is COc1ccc(/C=C2\CCCC3=C2N=c2s/c(=C/c4cccc(Br)c4)c(=O)n2[C@@H]3c2ccc(OC)cc2)cc1. The molecule has 5 nitrogen and oxygen atoms in total. The van der Waals surface area contributed by atoms with Crippen molar-refractivity contribution < 1.29 is 9.47 Å². The number of hydrogen-bond acceptors (Lipinski definition) is 5. The molecule has 0 N–H and O–H groups in total. The Morgan fingerprint density at radius 3 is 2.33 bits per heavy atom. The lowest BCUT2D eigenvalue weighted by Crippen LogP contribution is -2.39. The molecule has 2 aliphatic rings. The summed E-state index contributed by atoms with van der Waals surface area (Å²) in [6, 6.07) is 23.9. The standard InChI is InChI=1S/C32H27BrN2O3S/c1-37-25-13-9-20(10-14-25)17-23-6-4-8-27-29(23)34-32-35(30(27)22-11-15-26(38-2)16-12-22)31(36)28(39-32)19-21-5-3-7-24(33)18-21/h3,5,7,9-19,30H,4,6,8H2,1-2H3/b23-17+,28-19+/t30-/m1/s1. The summed E-state index contributed by atoms with van der Waals surface area (Å²) in [6.45, 7) is 0. The molecule has 0 bridgehead atoms. The topological polar surface area (TPSA) is 52.8 Å². The lowest BCUT2D eigenvalue weighted by Gasteiger charge is -2.31. The molecule has 1 atom stereocenters. The number of nitrogens with zero attached hydrogens (tertiary/aromatic N) is 2. The molecule has 1 aliphatic carbocycles. The molecule has 0 spiro atoms. The normalized spacial score (nSPS) is 18.0. The molecule has 0 unspecified atom stereocenters. The molecule has 7 heteroatoms. The highest BCUT2D eigenvalue weighted by molar-refractivity contribution is 9.10. The third kappa shape index (κ3) is 5.04. The Bertz CT molecular complexity index is 1780. The Balaban J connectivity index is 1.55. The van der Waals surface area contributed by atoms with Gasteiger partial charge in [-0.25, -0.2) is 4.99 Å². The lowest BCUT2D eigenvalue weighted by molar-refractivity contribution is 0.414. The zero-order chi connectivity index (χ0) is 26.9. The summed E-state index contributed by atoms with van der Waals surface area (Å²) in [7, 11) is 3.34. The number of thiazole rings is 1. The number of benzene rings is 3. The molecule has 3 aromatic carbocycles. The summed E-state index contributed by atoms with van der Waals surface area (Å²) in [4.78, 5) is 19.8. The maximum Gasteiger partial charge on any atom is 0.271 e. The summed E-state index contributed by atoms with van der Waals surface area (Å²) < 4.78 is 14.3. The van der Waals surface area contributed by atoms with Crippen LogP contribution in [0.15, 0.2) is 104 Å². The minimum atomic E-state index is -0.216. The van der Waals surface area contributed by atoms with Gasteiger partial charge >= 0.3 is 0 Å². The highest BCUT2D eigenvalue weighted by atomic mass is 79.9. The fraction of sp³-hybridized carbons (Fsp3) is 0.188. The van der Waals surface area contributed by atoms with Gasteiger partial charge in [-0.3, -0.25) is 9.36 Å². The van der Waals surface area contributed by atoms with E-state index in [2.05, 4.69) is 46.3 Å². The van der Waals surface area contributed by atoms with Gasteiger partial charge in [-0.15, -0.1) is 0 Å². The predicted octanol–water partition coefficient (Wildman–Crippen LogP) is 6.26. The van der Waals surface area contributed by atoms with Crippen LogP contribution < -0.4 is 24.4 Å². The van der Waals surface area contributed by atoms with Crippen LogP contribution in [-0.2, 0) is 0 Å². The average Bonchev–Trinajstić information content (AvgIpc) is 3.27. The van der Waals surface area contributed by atoms with Crippen LogP contribution in [0.2, 0.25) is 0 Å². The van der Waals surface area contributed by atoms with Gasteiger partial charge in [-0.1, -0.05) is 63.7 Å². The van der Waals surface area contributed by atoms with Crippen LogP contribution in [0.3, 0.4) is 0 Å². The summed E-state index contributed by atoms with van der Waals surface area (Å²) in [5, 5.41) is 0. The summed E-state index contributed by atoms with van der Waals surface area (Å²) in [5.41, 5.74) is 6.51. The molecule has 0 amide bonds. The molecule has 0 saturated carbocycles. The third-order valence-electron chi connectivity index (χ3n) is 7.17. The van der Waals surface area contributed by atoms with Crippen LogP contribution in [0.5, 0.6) is 11.5 Å². The van der Waals surface area contributed by atoms with Gasteiger partial charge in [0.05, 0.1) is 30.5 Å². The van der Waals surface area contributed by atoms with E-state index in [1.54, 1.807) is 14.2 Å². The van der Waals surface area contributed by atoms with Gasteiger partial charge < -0.3 is 9.47 Å². The Morgan fingerprint density at radius 2 is 1.64 bits per heavy atom. The quantitative estimate of drug-likeness (QED) is 0.272. The number of methoxy groups -OCH3 is 2. The van der Waals surface area contributed by atoms with Crippen LogP contribution in [0.4, 0.5) is 0 Å². The fourth-order valence-corrected chi connectivity index (χ4v) is 6.71. The number of halogens is 1. The first kappa shape index (κ1) is 25.6. The average molecular weight is 600 g/mol. The van der Waals surface area contributed by atoms with E-state index in [0.29, 0.717) is 4.53 Å². The van der Waals surface area contributed by atoms with Crippen molar-refractivity contribution in [3.8, 4) is 11.5 Å². The van der Waals surface area contributed by atoms with E-state index in [0.717, 1.165) is 62.4 Å².